The Balaban J connectivity index is 1.79. The molecule has 2 amide bonds. The number of nitrogens with zero attached hydrogens (tertiary/aromatic N) is 1. The van der Waals surface area contributed by atoms with Crippen LogP contribution in [0.1, 0.15) is 48.3 Å². The summed E-state index contributed by atoms with van der Waals surface area (Å²) in [5.74, 6) is -0.0607. The summed E-state index contributed by atoms with van der Waals surface area (Å²) in [6.07, 6.45) is 0.308. The zero-order valence-corrected chi connectivity index (χ0v) is 23.9. The zero-order valence-electron chi connectivity index (χ0n) is 23.9. The summed E-state index contributed by atoms with van der Waals surface area (Å²) in [4.78, 5) is 42.3. The van der Waals surface area contributed by atoms with Crippen molar-refractivity contribution in [1.82, 2.24) is 15.6 Å². The Morgan fingerprint density at radius 3 is 1.85 bits per heavy atom. The lowest BCUT2D eigenvalue weighted by atomic mass is 9.85. The maximum absolute atomic E-state index is 13.2. The van der Waals surface area contributed by atoms with Gasteiger partial charge in [0, 0.05) is 24.2 Å². The Morgan fingerprint density at radius 2 is 1.37 bits per heavy atom. The minimum absolute atomic E-state index is 0.0758. The van der Waals surface area contributed by atoms with Gasteiger partial charge < -0.3 is 34.3 Å². The first-order chi connectivity index (χ1) is 19.7. The number of benzene rings is 2. The predicted octanol–water partition coefficient (Wildman–Crippen LogP) is 4.10. The number of hydrogen-bond donors (Lipinski definition) is 2. The summed E-state index contributed by atoms with van der Waals surface area (Å²) in [6.45, 7) is 5.12. The number of methoxy groups -OCH3 is 3. The maximum atomic E-state index is 13.2. The minimum Gasteiger partial charge on any atom is -0.497 e. The van der Waals surface area contributed by atoms with Crippen molar-refractivity contribution in [3.05, 3.63) is 77.6 Å². The third-order valence-corrected chi connectivity index (χ3v) is 6.31. The maximum Gasteiger partial charge on any atom is 0.514 e. The van der Waals surface area contributed by atoms with Crippen molar-refractivity contribution in [2.45, 2.75) is 38.8 Å². The fraction of sp³-hybridized carbons (Fsp3) is 0.333. The molecule has 0 aliphatic rings. The van der Waals surface area contributed by atoms with Crippen LogP contribution in [0.2, 0.25) is 0 Å². The first-order valence-corrected chi connectivity index (χ1v) is 13.0. The fourth-order valence-corrected chi connectivity index (χ4v) is 4.24. The van der Waals surface area contributed by atoms with Gasteiger partial charge in [0.05, 0.1) is 27.9 Å². The number of carbonyl (C=O) groups is 3. The lowest BCUT2D eigenvalue weighted by molar-refractivity contribution is -0.123. The van der Waals surface area contributed by atoms with Gasteiger partial charge in [-0.1, -0.05) is 24.3 Å². The fourth-order valence-electron chi connectivity index (χ4n) is 4.24. The summed E-state index contributed by atoms with van der Waals surface area (Å²) in [6, 6.07) is 15.3. The lowest BCUT2D eigenvalue weighted by Gasteiger charge is -2.27. The largest absolute Gasteiger partial charge is 0.514 e. The SMILES string of the molecule is CCOC(=O)Oc1c(OC)ccnc1C(=O)NC(C)C(=O)NC(C)C(c1ccc(OC)cc1)c1ccc(OC)cc1. The second-order valence-electron chi connectivity index (χ2n) is 8.99. The molecule has 0 saturated heterocycles. The molecule has 0 fully saturated rings. The number of amides is 2. The van der Waals surface area contributed by atoms with Crippen molar-refractivity contribution >= 4 is 18.0 Å². The van der Waals surface area contributed by atoms with E-state index in [2.05, 4.69) is 15.6 Å². The van der Waals surface area contributed by atoms with Crippen molar-refractivity contribution < 1.29 is 38.1 Å². The molecule has 3 rings (SSSR count). The predicted molar refractivity (Wildman–Crippen MR) is 151 cm³/mol. The molecule has 0 spiro atoms. The standard InChI is InChI=1S/C30H35N3O8/c1-7-40-30(36)41-27-24(39-6)16-17-31-26(27)29(35)33-19(3)28(34)32-18(2)25(20-8-12-22(37-4)13-9-20)21-10-14-23(38-5)15-11-21/h8-19,25H,7H2,1-6H3,(H,32,34)(H,33,35). The topological polar surface area (TPSA) is 134 Å². The second-order valence-corrected chi connectivity index (χ2v) is 8.99. The smallest absolute Gasteiger partial charge is 0.497 e. The molecule has 0 radical (unpaired) electrons. The number of rotatable bonds is 12. The minimum atomic E-state index is -1.02. The Labute approximate surface area is 239 Å². The molecule has 2 N–H and O–H groups in total. The number of nitrogens with one attached hydrogen (secondary N) is 2. The molecule has 1 aromatic heterocycles. The van der Waals surface area contributed by atoms with Crippen LogP contribution in [0.3, 0.4) is 0 Å². The number of ether oxygens (including phenoxy) is 5. The van der Waals surface area contributed by atoms with Crippen molar-refractivity contribution in [3.63, 3.8) is 0 Å². The van der Waals surface area contributed by atoms with E-state index in [1.165, 1.54) is 19.4 Å². The molecule has 0 bridgehead atoms. The zero-order chi connectivity index (χ0) is 29.9. The summed E-state index contributed by atoms with van der Waals surface area (Å²) in [7, 11) is 4.55. The summed E-state index contributed by atoms with van der Waals surface area (Å²) in [5, 5.41) is 5.62. The van der Waals surface area contributed by atoms with E-state index in [-0.39, 0.29) is 35.8 Å². The van der Waals surface area contributed by atoms with Crippen LogP contribution in [0.5, 0.6) is 23.0 Å². The van der Waals surface area contributed by atoms with E-state index >= 15 is 0 Å². The molecule has 0 aliphatic heterocycles. The molecule has 41 heavy (non-hydrogen) atoms. The Kier molecular flexibility index (Phi) is 10.9. The summed E-state index contributed by atoms with van der Waals surface area (Å²) in [5.41, 5.74) is 1.68. The van der Waals surface area contributed by atoms with E-state index in [9.17, 15) is 14.4 Å². The third kappa shape index (κ3) is 7.87. The van der Waals surface area contributed by atoms with Crippen LogP contribution >= 0.6 is 0 Å². The van der Waals surface area contributed by atoms with Crippen LogP contribution in [-0.2, 0) is 9.53 Å². The Morgan fingerprint density at radius 1 is 0.805 bits per heavy atom. The summed E-state index contributed by atoms with van der Waals surface area (Å²) >= 11 is 0. The Bertz CT molecular complexity index is 1280. The number of pyridine rings is 1. The first kappa shape index (κ1) is 30.7. The van der Waals surface area contributed by atoms with Crippen molar-refractivity contribution in [3.8, 4) is 23.0 Å². The molecular formula is C30H35N3O8. The number of hydrogen-bond acceptors (Lipinski definition) is 9. The van der Waals surface area contributed by atoms with Crippen LogP contribution in [0, 0.1) is 0 Å². The molecule has 3 aromatic rings. The monoisotopic (exact) mass is 565 g/mol. The van der Waals surface area contributed by atoms with E-state index in [1.54, 1.807) is 28.1 Å². The van der Waals surface area contributed by atoms with Gasteiger partial charge in [-0.05, 0) is 56.2 Å². The molecule has 11 nitrogen and oxygen atoms in total. The average molecular weight is 566 g/mol. The van der Waals surface area contributed by atoms with E-state index in [0.717, 1.165) is 11.1 Å². The van der Waals surface area contributed by atoms with Crippen LogP contribution in [0.15, 0.2) is 60.8 Å². The highest BCUT2D eigenvalue weighted by Crippen LogP contribution is 2.32. The van der Waals surface area contributed by atoms with Gasteiger partial charge in [-0.25, -0.2) is 9.78 Å². The van der Waals surface area contributed by atoms with Crippen molar-refractivity contribution in [1.29, 1.82) is 0 Å². The van der Waals surface area contributed by atoms with Crippen molar-refractivity contribution in [2.24, 2.45) is 0 Å². The Hall–Kier alpha value is -4.80. The average Bonchev–Trinajstić information content (AvgIpc) is 2.98. The van der Waals surface area contributed by atoms with Crippen LogP contribution in [-0.4, -0.2) is 63.0 Å². The van der Waals surface area contributed by atoms with E-state index in [0.29, 0.717) is 11.5 Å². The number of aromatic nitrogens is 1. The van der Waals surface area contributed by atoms with Gasteiger partial charge in [0.1, 0.15) is 17.5 Å². The first-order valence-electron chi connectivity index (χ1n) is 13.0. The quantitative estimate of drug-likeness (QED) is 0.311. The van der Waals surface area contributed by atoms with Gasteiger partial charge in [-0.3, -0.25) is 9.59 Å². The van der Waals surface area contributed by atoms with Crippen LogP contribution in [0.25, 0.3) is 0 Å². The molecule has 2 aromatic carbocycles. The van der Waals surface area contributed by atoms with Gasteiger partial charge in [-0.2, -0.15) is 0 Å². The highest BCUT2D eigenvalue weighted by Gasteiger charge is 2.28. The normalized spacial score (nSPS) is 12.1. The highest BCUT2D eigenvalue weighted by atomic mass is 16.7. The molecule has 218 valence electrons. The molecule has 0 saturated carbocycles. The number of carbonyl (C=O) groups excluding carboxylic acids is 3. The van der Waals surface area contributed by atoms with Gasteiger partial charge >= 0.3 is 6.16 Å². The van der Waals surface area contributed by atoms with E-state index < -0.39 is 24.0 Å². The molecule has 0 aliphatic carbocycles. The molecule has 11 heteroatoms. The van der Waals surface area contributed by atoms with Crippen LogP contribution in [0.4, 0.5) is 4.79 Å². The van der Waals surface area contributed by atoms with Gasteiger partial charge in [0.15, 0.2) is 11.4 Å². The second kappa shape index (κ2) is 14.5. The van der Waals surface area contributed by atoms with Gasteiger partial charge in [0.25, 0.3) is 5.91 Å². The molecular weight excluding hydrogens is 530 g/mol. The van der Waals surface area contributed by atoms with E-state index in [1.807, 2.05) is 55.5 Å². The summed E-state index contributed by atoms with van der Waals surface area (Å²) < 4.78 is 25.8. The van der Waals surface area contributed by atoms with Crippen LogP contribution < -0.4 is 29.6 Å². The van der Waals surface area contributed by atoms with Gasteiger partial charge in [0.2, 0.25) is 11.7 Å². The third-order valence-electron chi connectivity index (χ3n) is 6.31. The van der Waals surface area contributed by atoms with Gasteiger partial charge in [-0.15, -0.1) is 0 Å². The van der Waals surface area contributed by atoms with E-state index in [4.69, 9.17) is 23.7 Å². The highest BCUT2D eigenvalue weighted by molar-refractivity contribution is 5.99. The molecule has 2 unspecified atom stereocenters. The molecule has 1 heterocycles. The molecule has 2 atom stereocenters. The van der Waals surface area contributed by atoms with Crippen molar-refractivity contribution in [2.75, 3.05) is 27.9 Å². The lowest BCUT2D eigenvalue weighted by Crippen LogP contribution is -2.49.